The van der Waals surface area contributed by atoms with Crippen LogP contribution in [0.5, 0.6) is 0 Å². The quantitative estimate of drug-likeness (QED) is 0.740. The zero-order valence-electron chi connectivity index (χ0n) is 13.6. The summed E-state index contributed by atoms with van der Waals surface area (Å²) in [6, 6.07) is 13.6. The van der Waals surface area contributed by atoms with Gasteiger partial charge in [0.05, 0.1) is 13.0 Å². The van der Waals surface area contributed by atoms with E-state index in [0.717, 1.165) is 5.56 Å². The summed E-state index contributed by atoms with van der Waals surface area (Å²) in [6.45, 7) is 1.29. The molecule has 0 aliphatic rings. The molecule has 0 saturated carbocycles. The highest BCUT2D eigenvalue weighted by molar-refractivity contribution is 6.30. The molecule has 2 rings (SSSR count). The van der Waals surface area contributed by atoms with Crippen molar-refractivity contribution in [3.63, 3.8) is 0 Å². The first-order valence-corrected chi connectivity index (χ1v) is 7.99. The molecule has 0 fully saturated rings. The number of halogens is 1. The maximum Gasteiger partial charge on any atom is 0.243 e. The molecule has 0 aliphatic carbocycles. The molecule has 3 N–H and O–H groups in total. The molecule has 0 bridgehead atoms. The number of hydrogen-bond donors (Lipinski definition) is 3. The number of carbonyl (C=O) groups excluding carboxylic acids is 3. The first-order chi connectivity index (χ1) is 11.9. The number of rotatable bonds is 6. The molecule has 0 aliphatic heterocycles. The van der Waals surface area contributed by atoms with Gasteiger partial charge in [-0.05, 0) is 42.0 Å². The lowest BCUT2D eigenvalue weighted by atomic mass is 10.1. The van der Waals surface area contributed by atoms with Crippen LogP contribution in [-0.2, 0) is 20.8 Å². The first kappa shape index (κ1) is 18.5. The Hall–Kier alpha value is -2.86. The van der Waals surface area contributed by atoms with Crippen LogP contribution in [0.25, 0.3) is 0 Å². The predicted molar refractivity (Wildman–Crippen MR) is 97.5 cm³/mol. The van der Waals surface area contributed by atoms with Gasteiger partial charge in [0.25, 0.3) is 0 Å². The highest BCUT2D eigenvalue weighted by Crippen LogP contribution is 2.13. The van der Waals surface area contributed by atoms with Crippen LogP contribution in [-0.4, -0.2) is 24.3 Å². The fourth-order valence-electron chi connectivity index (χ4n) is 2.07. The van der Waals surface area contributed by atoms with Crippen LogP contribution in [0.1, 0.15) is 12.5 Å². The van der Waals surface area contributed by atoms with E-state index in [1.807, 2.05) is 0 Å². The second-order valence-corrected chi connectivity index (χ2v) is 5.82. The van der Waals surface area contributed by atoms with Gasteiger partial charge in [-0.1, -0.05) is 23.7 Å². The molecule has 0 aromatic heterocycles. The number of benzene rings is 2. The highest BCUT2D eigenvalue weighted by Gasteiger charge is 2.07. The summed E-state index contributed by atoms with van der Waals surface area (Å²) in [5.41, 5.74) is 2.03. The molecule has 0 atom stereocenters. The van der Waals surface area contributed by atoms with Gasteiger partial charge in [0.2, 0.25) is 17.7 Å². The Labute approximate surface area is 150 Å². The Morgan fingerprint density at radius 3 is 1.96 bits per heavy atom. The summed E-state index contributed by atoms with van der Waals surface area (Å²) in [4.78, 5) is 34.6. The fourth-order valence-corrected chi connectivity index (χ4v) is 2.20. The van der Waals surface area contributed by atoms with Crippen LogP contribution in [0.4, 0.5) is 11.4 Å². The molecular weight excluding hydrogens is 342 g/mol. The van der Waals surface area contributed by atoms with Gasteiger partial charge in [-0.3, -0.25) is 14.4 Å². The van der Waals surface area contributed by atoms with Crippen LogP contribution < -0.4 is 16.0 Å². The third kappa shape index (κ3) is 6.64. The summed E-state index contributed by atoms with van der Waals surface area (Å²) < 4.78 is 0. The molecule has 0 radical (unpaired) electrons. The second-order valence-electron chi connectivity index (χ2n) is 5.39. The van der Waals surface area contributed by atoms with E-state index in [2.05, 4.69) is 16.0 Å². The highest BCUT2D eigenvalue weighted by atomic mass is 35.5. The van der Waals surface area contributed by atoms with Crippen molar-refractivity contribution >= 4 is 40.7 Å². The normalized spacial score (nSPS) is 10.0. The van der Waals surface area contributed by atoms with E-state index in [4.69, 9.17) is 11.6 Å². The number of amides is 3. The van der Waals surface area contributed by atoms with Gasteiger partial charge in [0, 0.05) is 23.3 Å². The topological polar surface area (TPSA) is 87.3 Å². The van der Waals surface area contributed by atoms with E-state index >= 15 is 0 Å². The molecular formula is C18H18ClN3O3. The number of hydrogen-bond acceptors (Lipinski definition) is 3. The van der Waals surface area contributed by atoms with Crippen molar-refractivity contribution in [1.29, 1.82) is 0 Å². The molecule has 3 amide bonds. The van der Waals surface area contributed by atoms with Gasteiger partial charge in [-0.25, -0.2) is 0 Å². The second kappa shape index (κ2) is 8.84. The van der Waals surface area contributed by atoms with Gasteiger partial charge in [-0.15, -0.1) is 0 Å². The standard InChI is InChI=1S/C18H18ClN3O3/c1-12(23)21-15-6-8-16(9-7-15)22-18(25)11-20-17(24)10-13-2-4-14(19)5-3-13/h2-9H,10-11H2,1H3,(H,20,24)(H,21,23)(H,22,25). The van der Waals surface area contributed by atoms with Gasteiger partial charge >= 0.3 is 0 Å². The largest absolute Gasteiger partial charge is 0.347 e. The van der Waals surface area contributed by atoms with Crippen LogP contribution in [0, 0.1) is 0 Å². The van der Waals surface area contributed by atoms with Crippen molar-refractivity contribution < 1.29 is 14.4 Å². The summed E-state index contributed by atoms with van der Waals surface area (Å²) in [7, 11) is 0. The maximum absolute atomic E-state index is 11.9. The lowest BCUT2D eigenvalue weighted by Gasteiger charge is -2.08. The van der Waals surface area contributed by atoms with Crippen molar-refractivity contribution in [2.75, 3.05) is 17.2 Å². The SMILES string of the molecule is CC(=O)Nc1ccc(NC(=O)CNC(=O)Cc2ccc(Cl)cc2)cc1. The molecule has 0 unspecified atom stereocenters. The molecule has 130 valence electrons. The van der Waals surface area contributed by atoms with Gasteiger partial charge in [-0.2, -0.15) is 0 Å². The van der Waals surface area contributed by atoms with E-state index < -0.39 is 0 Å². The first-order valence-electron chi connectivity index (χ1n) is 7.61. The fraction of sp³-hybridized carbons (Fsp3) is 0.167. The molecule has 0 spiro atoms. The molecule has 6 nitrogen and oxygen atoms in total. The molecule has 0 heterocycles. The van der Waals surface area contributed by atoms with Crippen molar-refractivity contribution in [3.05, 3.63) is 59.1 Å². The monoisotopic (exact) mass is 359 g/mol. The maximum atomic E-state index is 11.9. The van der Waals surface area contributed by atoms with E-state index in [0.29, 0.717) is 16.4 Å². The van der Waals surface area contributed by atoms with Crippen LogP contribution in [0.3, 0.4) is 0 Å². The zero-order chi connectivity index (χ0) is 18.2. The average molecular weight is 360 g/mol. The Kier molecular flexibility index (Phi) is 6.54. The minimum absolute atomic E-state index is 0.125. The Morgan fingerprint density at radius 2 is 1.40 bits per heavy atom. The molecule has 2 aromatic rings. The minimum Gasteiger partial charge on any atom is -0.347 e. The molecule has 0 saturated heterocycles. The average Bonchev–Trinajstić information content (AvgIpc) is 2.56. The minimum atomic E-state index is -0.336. The Bertz CT molecular complexity index is 758. The number of nitrogens with one attached hydrogen (secondary N) is 3. The van der Waals surface area contributed by atoms with Gasteiger partial charge in [0.1, 0.15) is 0 Å². The molecule has 7 heteroatoms. The third-order valence-electron chi connectivity index (χ3n) is 3.21. The Balaban J connectivity index is 1.77. The van der Waals surface area contributed by atoms with E-state index in [1.165, 1.54) is 6.92 Å². The van der Waals surface area contributed by atoms with Crippen molar-refractivity contribution in [3.8, 4) is 0 Å². The third-order valence-corrected chi connectivity index (χ3v) is 3.47. The van der Waals surface area contributed by atoms with E-state index in [1.54, 1.807) is 48.5 Å². The summed E-state index contributed by atoms with van der Waals surface area (Å²) in [5, 5.41) is 8.47. The van der Waals surface area contributed by atoms with Crippen molar-refractivity contribution in [2.45, 2.75) is 13.3 Å². The van der Waals surface area contributed by atoms with Crippen LogP contribution >= 0.6 is 11.6 Å². The van der Waals surface area contributed by atoms with Gasteiger partial charge < -0.3 is 16.0 Å². The summed E-state index contributed by atoms with van der Waals surface area (Å²) >= 11 is 5.79. The Morgan fingerprint density at radius 1 is 0.840 bits per heavy atom. The van der Waals surface area contributed by atoms with Gasteiger partial charge in [0.15, 0.2) is 0 Å². The lowest BCUT2D eigenvalue weighted by molar-refractivity contribution is -0.123. The van der Waals surface area contributed by atoms with E-state index in [-0.39, 0.29) is 30.7 Å². The lowest BCUT2D eigenvalue weighted by Crippen LogP contribution is -2.33. The predicted octanol–water partition coefficient (Wildman–Crippen LogP) is 2.60. The number of anilines is 2. The smallest absolute Gasteiger partial charge is 0.243 e. The van der Waals surface area contributed by atoms with Crippen LogP contribution in [0.2, 0.25) is 5.02 Å². The zero-order valence-corrected chi connectivity index (χ0v) is 14.4. The summed E-state index contributed by atoms with van der Waals surface area (Å²) in [6.07, 6.45) is 0.176. The number of carbonyl (C=O) groups is 3. The van der Waals surface area contributed by atoms with Crippen molar-refractivity contribution in [1.82, 2.24) is 5.32 Å². The molecule has 2 aromatic carbocycles. The molecule has 25 heavy (non-hydrogen) atoms. The summed E-state index contributed by atoms with van der Waals surface area (Å²) in [5.74, 6) is -0.754. The van der Waals surface area contributed by atoms with Crippen LogP contribution in [0.15, 0.2) is 48.5 Å². The van der Waals surface area contributed by atoms with E-state index in [9.17, 15) is 14.4 Å². The van der Waals surface area contributed by atoms with Crippen molar-refractivity contribution in [2.24, 2.45) is 0 Å².